The summed E-state index contributed by atoms with van der Waals surface area (Å²) in [6.07, 6.45) is 11.5. The largest absolute Gasteiger partial charge is 0.387 e. The fraction of sp³-hybridized carbons (Fsp3) is 0.707. The van der Waals surface area contributed by atoms with Crippen molar-refractivity contribution in [2.75, 3.05) is 19.6 Å². The highest BCUT2D eigenvalue weighted by molar-refractivity contribution is 6.38. The number of ether oxygens (including phenoxy) is 1. The summed E-state index contributed by atoms with van der Waals surface area (Å²) in [5.74, 6) is -2.16. The summed E-state index contributed by atoms with van der Waals surface area (Å²) in [6, 6.07) is 4.25. The van der Waals surface area contributed by atoms with Gasteiger partial charge >= 0.3 is 0 Å². The van der Waals surface area contributed by atoms with Crippen LogP contribution in [0.2, 0.25) is 5.02 Å². The molecular weight excluding hydrogens is 710 g/mol. The number of hydrogen-bond donors (Lipinski definition) is 2. The van der Waals surface area contributed by atoms with E-state index in [1.807, 2.05) is 39.8 Å². The number of carbonyl (C=O) groups is 5. The standard InChI is InChI=1S/C41H58ClN5O7/c1-5-12-31(35(49)38(51)46-23-30(24-46)53-29-17-9-10-18-29)43-37(50)33-22-41(21-32(45-54-41)27-15-11-16-28(42)20-27)25-47(33)39(52)36(40(2,3)4)44-34(48)19-26-13-7-6-8-14-26/h11,15-16,20,26,29-31,33,36H,5-10,12-14,17-19,21-25H2,1-4H3,(H,43,50)(H,44,48)/t31-,33-,36+,41+/m0/s1. The Kier molecular flexibility index (Phi) is 12.7. The first kappa shape index (κ1) is 40.2. The van der Waals surface area contributed by atoms with Gasteiger partial charge in [-0.2, -0.15) is 0 Å². The lowest BCUT2D eigenvalue weighted by molar-refractivity contribution is -0.158. The van der Waals surface area contributed by atoms with Crippen LogP contribution in [0.25, 0.3) is 0 Å². The number of carbonyl (C=O) groups excluding carboxylic acids is 5. The van der Waals surface area contributed by atoms with Crippen LogP contribution < -0.4 is 10.6 Å². The Morgan fingerprint density at radius 2 is 1.70 bits per heavy atom. The van der Waals surface area contributed by atoms with E-state index >= 15 is 0 Å². The maximum atomic E-state index is 14.7. The number of amides is 4. The molecule has 3 aliphatic heterocycles. The highest BCUT2D eigenvalue weighted by Gasteiger charge is 2.56. The van der Waals surface area contributed by atoms with Gasteiger partial charge in [-0.3, -0.25) is 24.0 Å². The van der Waals surface area contributed by atoms with Crippen molar-refractivity contribution in [3.05, 3.63) is 34.9 Å². The molecule has 2 saturated heterocycles. The van der Waals surface area contributed by atoms with Gasteiger partial charge in [0.05, 0.1) is 30.5 Å². The predicted octanol–water partition coefficient (Wildman–Crippen LogP) is 5.33. The molecule has 2 aliphatic carbocycles. The van der Waals surface area contributed by atoms with E-state index in [9.17, 15) is 24.0 Å². The molecule has 1 aromatic rings. The van der Waals surface area contributed by atoms with Crippen LogP contribution in [-0.2, 0) is 33.5 Å². The van der Waals surface area contributed by atoms with Crippen molar-refractivity contribution >= 4 is 46.7 Å². The number of halogens is 1. The first-order chi connectivity index (χ1) is 25.7. The zero-order chi connectivity index (χ0) is 38.6. The Morgan fingerprint density at radius 3 is 2.37 bits per heavy atom. The number of nitrogens with zero attached hydrogens (tertiary/aromatic N) is 3. The average molecular weight is 768 g/mol. The fourth-order valence-corrected chi connectivity index (χ4v) is 8.95. The first-order valence-electron chi connectivity index (χ1n) is 20.1. The van der Waals surface area contributed by atoms with Crippen molar-refractivity contribution in [3.8, 4) is 0 Å². The van der Waals surface area contributed by atoms with Gasteiger partial charge in [-0.15, -0.1) is 0 Å². The summed E-state index contributed by atoms with van der Waals surface area (Å²) in [5, 5.41) is 10.9. The molecule has 4 fully saturated rings. The lowest BCUT2D eigenvalue weighted by atomic mass is 9.84. The average Bonchev–Trinajstić information content (AvgIpc) is 3.88. The molecule has 6 rings (SSSR count). The Labute approximate surface area is 324 Å². The number of rotatable bonds is 13. The predicted molar refractivity (Wildman–Crippen MR) is 205 cm³/mol. The monoisotopic (exact) mass is 767 g/mol. The summed E-state index contributed by atoms with van der Waals surface area (Å²) in [4.78, 5) is 78.6. The molecule has 13 heteroatoms. The molecule has 1 spiro atoms. The molecule has 2 saturated carbocycles. The van der Waals surface area contributed by atoms with E-state index in [-0.39, 0.29) is 43.4 Å². The van der Waals surface area contributed by atoms with Gasteiger partial charge in [-0.1, -0.05) is 95.1 Å². The van der Waals surface area contributed by atoms with Crippen molar-refractivity contribution in [1.29, 1.82) is 0 Å². The van der Waals surface area contributed by atoms with Gasteiger partial charge in [-0.05, 0) is 55.6 Å². The molecule has 296 valence electrons. The molecule has 0 unspecified atom stereocenters. The van der Waals surface area contributed by atoms with Crippen LogP contribution in [0.4, 0.5) is 0 Å². The minimum atomic E-state index is -1.06. The van der Waals surface area contributed by atoms with Crippen LogP contribution in [-0.4, -0.2) is 100 Å². The second-order valence-corrected chi connectivity index (χ2v) is 17.8. The minimum Gasteiger partial charge on any atom is -0.387 e. The summed E-state index contributed by atoms with van der Waals surface area (Å²) in [7, 11) is 0. The van der Waals surface area contributed by atoms with Gasteiger partial charge in [0.25, 0.3) is 5.91 Å². The van der Waals surface area contributed by atoms with E-state index in [2.05, 4.69) is 15.8 Å². The Bertz CT molecular complexity index is 1590. The van der Waals surface area contributed by atoms with Crippen LogP contribution in [0.1, 0.15) is 123 Å². The fourth-order valence-electron chi connectivity index (χ4n) is 8.76. The maximum Gasteiger partial charge on any atom is 0.292 e. The van der Waals surface area contributed by atoms with Crippen molar-refractivity contribution in [1.82, 2.24) is 20.4 Å². The molecule has 1 aromatic carbocycles. The van der Waals surface area contributed by atoms with Gasteiger partial charge in [0.2, 0.25) is 23.5 Å². The lowest BCUT2D eigenvalue weighted by Crippen LogP contribution is -2.61. The van der Waals surface area contributed by atoms with Crippen LogP contribution in [0.3, 0.4) is 0 Å². The number of benzene rings is 1. The highest BCUT2D eigenvalue weighted by Crippen LogP contribution is 2.40. The minimum absolute atomic E-state index is 0.0457. The summed E-state index contributed by atoms with van der Waals surface area (Å²) in [5.41, 5.74) is -0.274. The van der Waals surface area contributed by atoms with E-state index in [1.54, 1.807) is 12.1 Å². The molecule has 5 aliphatic rings. The number of likely N-dealkylation sites (tertiary alicyclic amines) is 2. The van der Waals surface area contributed by atoms with Crippen molar-refractivity contribution < 1.29 is 33.5 Å². The van der Waals surface area contributed by atoms with Crippen molar-refractivity contribution in [2.24, 2.45) is 16.5 Å². The normalized spacial score (nSPS) is 24.8. The molecule has 0 radical (unpaired) electrons. The van der Waals surface area contributed by atoms with Gasteiger partial charge < -0.3 is 30.0 Å². The first-order valence-corrected chi connectivity index (χ1v) is 20.5. The molecule has 4 atom stereocenters. The van der Waals surface area contributed by atoms with E-state index < -0.39 is 52.6 Å². The van der Waals surface area contributed by atoms with Gasteiger partial charge in [0.15, 0.2) is 5.60 Å². The van der Waals surface area contributed by atoms with E-state index in [4.69, 9.17) is 21.2 Å². The summed E-state index contributed by atoms with van der Waals surface area (Å²) >= 11 is 6.28. The second kappa shape index (κ2) is 17.1. The second-order valence-electron chi connectivity index (χ2n) is 17.3. The smallest absolute Gasteiger partial charge is 0.292 e. The van der Waals surface area contributed by atoms with Crippen LogP contribution in [0, 0.1) is 11.3 Å². The van der Waals surface area contributed by atoms with Crippen LogP contribution >= 0.6 is 11.6 Å². The van der Waals surface area contributed by atoms with Crippen molar-refractivity contribution in [2.45, 2.75) is 154 Å². The van der Waals surface area contributed by atoms with Gasteiger partial charge in [0.1, 0.15) is 12.1 Å². The summed E-state index contributed by atoms with van der Waals surface area (Å²) < 4.78 is 6.11. The SMILES string of the molecule is CCC[C@H](NC(=O)[C@@H]1C[C@]2(CC(c3cccc(Cl)c3)=NO2)CN1C(=O)[C@@H](NC(=O)CC1CCCCC1)C(C)(C)C)C(=O)C(=O)N1CC(OC2CCCC2)C1. The van der Waals surface area contributed by atoms with E-state index in [0.29, 0.717) is 43.1 Å². The van der Waals surface area contributed by atoms with Gasteiger partial charge in [-0.25, -0.2) is 0 Å². The molecule has 54 heavy (non-hydrogen) atoms. The zero-order valence-corrected chi connectivity index (χ0v) is 33.1. The van der Waals surface area contributed by atoms with Gasteiger partial charge in [0, 0.05) is 42.9 Å². The number of Topliss-reactive ketones (excluding diaryl/α,β-unsaturated/α-hetero) is 1. The molecular formula is C41H58ClN5O7. The van der Waals surface area contributed by atoms with Crippen molar-refractivity contribution in [3.63, 3.8) is 0 Å². The Balaban J connectivity index is 1.18. The number of nitrogens with one attached hydrogen (secondary N) is 2. The Morgan fingerprint density at radius 1 is 1.00 bits per heavy atom. The summed E-state index contributed by atoms with van der Waals surface area (Å²) in [6.45, 7) is 8.32. The Hall–Kier alpha value is -3.51. The van der Waals surface area contributed by atoms with E-state index in [0.717, 1.165) is 56.9 Å². The highest BCUT2D eigenvalue weighted by atomic mass is 35.5. The molecule has 2 N–H and O–H groups in total. The molecule has 3 heterocycles. The molecule has 12 nitrogen and oxygen atoms in total. The number of hydrogen-bond acceptors (Lipinski definition) is 8. The molecule has 0 bridgehead atoms. The van der Waals surface area contributed by atoms with Crippen LogP contribution in [0.5, 0.6) is 0 Å². The quantitative estimate of drug-likeness (QED) is 0.258. The van der Waals surface area contributed by atoms with E-state index in [1.165, 1.54) is 16.2 Å². The maximum absolute atomic E-state index is 14.7. The zero-order valence-electron chi connectivity index (χ0n) is 32.4. The topological polar surface area (TPSA) is 147 Å². The number of oxime groups is 1. The van der Waals surface area contributed by atoms with Crippen LogP contribution in [0.15, 0.2) is 29.4 Å². The lowest BCUT2D eigenvalue weighted by Gasteiger charge is -2.40. The third-order valence-corrected chi connectivity index (χ3v) is 12.1. The molecule has 0 aromatic heterocycles. The third-order valence-electron chi connectivity index (χ3n) is 11.8. The third kappa shape index (κ3) is 9.46. The molecule has 4 amide bonds. The number of ketones is 1.